The maximum absolute atomic E-state index is 12.7. The Hall–Kier alpha value is -2.65. The van der Waals surface area contributed by atoms with Crippen LogP contribution in [0.3, 0.4) is 0 Å². The van der Waals surface area contributed by atoms with Gasteiger partial charge in [0.2, 0.25) is 15.9 Å². The number of nitrogens with one attached hydrogen (secondary N) is 1. The van der Waals surface area contributed by atoms with Crippen LogP contribution in [0.4, 0.5) is 11.4 Å². The Kier molecular flexibility index (Phi) is 6.33. The van der Waals surface area contributed by atoms with E-state index in [1.165, 1.54) is 0 Å². The minimum atomic E-state index is -3.67. The van der Waals surface area contributed by atoms with Crippen molar-refractivity contribution in [1.29, 1.82) is 0 Å². The van der Waals surface area contributed by atoms with Crippen molar-refractivity contribution in [2.24, 2.45) is 0 Å². The number of carbonyl (C=O) groups excluding carboxylic acids is 1. The van der Waals surface area contributed by atoms with E-state index in [1.54, 1.807) is 34.9 Å². The normalized spacial score (nSPS) is 11.8. The van der Waals surface area contributed by atoms with Gasteiger partial charge in [0.15, 0.2) is 0 Å². The highest BCUT2D eigenvalue weighted by molar-refractivity contribution is 7.92. The Bertz CT molecular complexity index is 1240. The molecule has 1 aromatic heterocycles. The number of amides is 1. The van der Waals surface area contributed by atoms with E-state index < -0.39 is 15.9 Å². The van der Waals surface area contributed by atoms with Crippen molar-refractivity contribution in [2.75, 3.05) is 22.4 Å². The summed E-state index contributed by atoms with van der Waals surface area (Å²) in [5, 5.41) is 2.75. The minimum absolute atomic E-state index is 0.0514. The first-order valence-electron chi connectivity index (χ1n) is 9.61. The third-order valence-corrected chi connectivity index (χ3v) is 6.85. The van der Waals surface area contributed by atoms with Gasteiger partial charge < -0.3 is 5.32 Å². The third-order valence-electron chi connectivity index (χ3n) is 4.78. The second kappa shape index (κ2) is 8.61. The number of aryl methyl sites for hydroxylation is 1. The van der Waals surface area contributed by atoms with E-state index in [0.29, 0.717) is 17.9 Å². The molecule has 160 valence electrons. The van der Waals surface area contributed by atoms with Crippen molar-refractivity contribution >= 4 is 48.9 Å². The van der Waals surface area contributed by atoms with Crippen LogP contribution >= 0.6 is 11.3 Å². The number of hydrogen-bond acceptors (Lipinski definition) is 5. The summed E-state index contributed by atoms with van der Waals surface area (Å²) in [5.41, 5.74) is 2.68. The topological polar surface area (TPSA) is 88.5 Å². The molecule has 0 saturated heterocycles. The molecule has 1 N–H and O–H groups in total. The Morgan fingerprint density at radius 3 is 2.53 bits per heavy atom. The summed E-state index contributed by atoms with van der Waals surface area (Å²) in [4.78, 5) is 24.7. The van der Waals surface area contributed by atoms with Crippen LogP contribution in [0.5, 0.6) is 0 Å². The molecule has 3 rings (SSSR count). The zero-order valence-corrected chi connectivity index (χ0v) is 19.0. The zero-order valence-electron chi connectivity index (χ0n) is 17.4. The molecule has 0 bridgehead atoms. The molecule has 9 heteroatoms. The number of aromatic nitrogens is 1. The Morgan fingerprint density at radius 2 is 1.90 bits per heavy atom. The Balaban J connectivity index is 1.87. The Labute approximate surface area is 180 Å². The second-order valence-electron chi connectivity index (χ2n) is 7.33. The molecule has 3 aromatic rings. The van der Waals surface area contributed by atoms with Crippen molar-refractivity contribution in [3.8, 4) is 0 Å². The molecular formula is C21H25N3O4S2. The van der Waals surface area contributed by atoms with Crippen molar-refractivity contribution in [2.45, 2.75) is 33.2 Å². The number of benzene rings is 2. The van der Waals surface area contributed by atoms with Crippen LogP contribution in [0.2, 0.25) is 0 Å². The summed E-state index contributed by atoms with van der Waals surface area (Å²) < 4.78 is 28.5. The molecule has 0 aliphatic heterocycles. The van der Waals surface area contributed by atoms with Crippen LogP contribution in [0.1, 0.15) is 32.3 Å². The summed E-state index contributed by atoms with van der Waals surface area (Å²) >= 11 is 1.11. The van der Waals surface area contributed by atoms with Gasteiger partial charge in [-0.25, -0.2) is 8.42 Å². The van der Waals surface area contributed by atoms with Crippen LogP contribution in [0.25, 0.3) is 10.2 Å². The molecule has 0 aliphatic rings. The first kappa shape index (κ1) is 22.0. The average Bonchev–Trinajstić information content (AvgIpc) is 2.99. The van der Waals surface area contributed by atoms with Crippen LogP contribution in [-0.4, -0.2) is 31.7 Å². The Morgan fingerprint density at radius 1 is 1.20 bits per heavy atom. The predicted molar refractivity (Wildman–Crippen MR) is 123 cm³/mol. The number of rotatable bonds is 7. The van der Waals surface area contributed by atoms with Crippen molar-refractivity contribution in [1.82, 2.24) is 4.57 Å². The lowest BCUT2D eigenvalue weighted by atomic mass is 10.0. The smallest absolute Gasteiger partial charge is 0.308 e. The molecule has 7 nitrogen and oxygen atoms in total. The fourth-order valence-corrected chi connectivity index (χ4v) is 5.23. The maximum atomic E-state index is 12.7. The standard InChI is InChI=1S/C21H25N3O4S2/c1-5-23-18-11-10-15(12-19(18)29-21(23)26)22-20(25)13-24(30(4,27)28)17-9-7-6-8-16(17)14(2)3/h6-12,14H,5,13H2,1-4H3,(H,22,25). The lowest BCUT2D eigenvalue weighted by Gasteiger charge is -2.25. The number of thiazole rings is 1. The molecule has 1 amide bonds. The molecule has 30 heavy (non-hydrogen) atoms. The number of anilines is 2. The molecule has 0 radical (unpaired) electrons. The van der Waals surface area contributed by atoms with Gasteiger partial charge in [0.25, 0.3) is 0 Å². The number of hydrogen-bond donors (Lipinski definition) is 1. The second-order valence-corrected chi connectivity index (χ2v) is 10.2. The van der Waals surface area contributed by atoms with E-state index in [0.717, 1.165) is 37.7 Å². The van der Waals surface area contributed by atoms with Gasteiger partial charge in [-0.1, -0.05) is 43.4 Å². The van der Waals surface area contributed by atoms with Crippen LogP contribution in [0, 0.1) is 0 Å². The van der Waals surface area contributed by atoms with Crippen molar-refractivity contribution in [3.63, 3.8) is 0 Å². The largest absolute Gasteiger partial charge is 0.324 e. The van der Waals surface area contributed by atoms with E-state index in [1.807, 2.05) is 32.9 Å². The molecular weight excluding hydrogens is 422 g/mol. The number of sulfonamides is 1. The van der Waals surface area contributed by atoms with E-state index in [4.69, 9.17) is 0 Å². The lowest BCUT2D eigenvalue weighted by molar-refractivity contribution is -0.114. The summed E-state index contributed by atoms with van der Waals surface area (Å²) in [6, 6.07) is 12.4. The van der Waals surface area contributed by atoms with Gasteiger partial charge in [-0.3, -0.25) is 18.5 Å². The van der Waals surface area contributed by atoms with Gasteiger partial charge in [0, 0.05) is 12.2 Å². The molecule has 0 spiro atoms. The van der Waals surface area contributed by atoms with Gasteiger partial charge in [0.1, 0.15) is 6.54 Å². The fraction of sp³-hybridized carbons (Fsp3) is 0.333. The highest BCUT2D eigenvalue weighted by Gasteiger charge is 2.24. The van der Waals surface area contributed by atoms with Gasteiger partial charge in [0.05, 0.1) is 22.2 Å². The van der Waals surface area contributed by atoms with Gasteiger partial charge in [-0.2, -0.15) is 0 Å². The van der Waals surface area contributed by atoms with Gasteiger partial charge in [-0.15, -0.1) is 0 Å². The first-order chi connectivity index (χ1) is 14.1. The van der Waals surface area contributed by atoms with Crippen molar-refractivity contribution in [3.05, 3.63) is 57.7 Å². The number of nitrogens with zero attached hydrogens (tertiary/aromatic N) is 2. The monoisotopic (exact) mass is 447 g/mol. The van der Waals surface area contributed by atoms with Crippen molar-refractivity contribution < 1.29 is 13.2 Å². The molecule has 2 aromatic carbocycles. The SMILES string of the molecule is CCn1c(=O)sc2cc(NC(=O)CN(c3ccccc3C(C)C)S(C)(=O)=O)ccc21. The number of para-hydroxylation sites is 1. The van der Waals surface area contributed by atoms with E-state index in [-0.39, 0.29) is 17.3 Å². The first-order valence-corrected chi connectivity index (χ1v) is 12.3. The van der Waals surface area contributed by atoms with Crippen LogP contribution in [0.15, 0.2) is 47.3 Å². The molecule has 1 heterocycles. The molecule has 0 unspecified atom stereocenters. The summed E-state index contributed by atoms with van der Waals surface area (Å²) in [5.74, 6) is -0.359. The average molecular weight is 448 g/mol. The molecule has 0 aliphatic carbocycles. The molecule has 0 atom stereocenters. The van der Waals surface area contributed by atoms with Crippen LogP contribution in [-0.2, 0) is 21.4 Å². The van der Waals surface area contributed by atoms with E-state index in [9.17, 15) is 18.0 Å². The highest BCUT2D eigenvalue weighted by Crippen LogP contribution is 2.29. The summed E-state index contributed by atoms with van der Waals surface area (Å²) in [7, 11) is -3.67. The van der Waals surface area contributed by atoms with Gasteiger partial charge in [-0.05, 0) is 42.7 Å². The quantitative estimate of drug-likeness (QED) is 0.599. The van der Waals surface area contributed by atoms with E-state index >= 15 is 0 Å². The lowest BCUT2D eigenvalue weighted by Crippen LogP contribution is -2.38. The summed E-state index contributed by atoms with van der Waals surface area (Å²) in [6.45, 7) is 6.08. The third kappa shape index (κ3) is 4.57. The summed E-state index contributed by atoms with van der Waals surface area (Å²) in [6.07, 6.45) is 1.09. The molecule has 0 saturated carbocycles. The minimum Gasteiger partial charge on any atom is -0.324 e. The van der Waals surface area contributed by atoms with E-state index in [2.05, 4.69) is 5.32 Å². The zero-order chi connectivity index (χ0) is 22.1. The predicted octanol–water partition coefficient (Wildman–Crippen LogP) is 3.61. The number of fused-ring (bicyclic) bond motifs is 1. The van der Waals surface area contributed by atoms with Gasteiger partial charge >= 0.3 is 4.87 Å². The van der Waals surface area contributed by atoms with Crippen LogP contribution < -0.4 is 14.5 Å². The molecule has 0 fully saturated rings. The fourth-order valence-electron chi connectivity index (χ4n) is 3.36. The maximum Gasteiger partial charge on any atom is 0.308 e. The number of carbonyl (C=O) groups is 1. The highest BCUT2D eigenvalue weighted by atomic mass is 32.2.